The molecule has 0 saturated carbocycles. The first-order valence-electron chi connectivity index (χ1n) is 7.05. The van der Waals surface area contributed by atoms with E-state index in [1.807, 2.05) is 24.3 Å². The molecule has 21 heavy (non-hydrogen) atoms. The van der Waals surface area contributed by atoms with Crippen LogP contribution in [0.25, 0.3) is 22.0 Å². The molecule has 3 aromatic rings. The van der Waals surface area contributed by atoms with Crippen LogP contribution in [0.1, 0.15) is 13.3 Å². The quantitative estimate of drug-likeness (QED) is 0.776. The zero-order valence-corrected chi connectivity index (χ0v) is 11.8. The number of hydrogen-bond acceptors (Lipinski definition) is 3. The maximum atomic E-state index is 13.1. The van der Waals surface area contributed by atoms with Gasteiger partial charge in [0, 0.05) is 22.9 Å². The summed E-state index contributed by atoms with van der Waals surface area (Å²) in [5.41, 5.74) is 1.63. The van der Waals surface area contributed by atoms with Gasteiger partial charge in [-0.05, 0) is 30.7 Å². The van der Waals surface area contributed by atoms with E-state index in [-0.39, 0.29) is 5.82 Å². The van der Waals surface area contributed by atoms with Crippen LogP contribution in [-0.4, -0.2) is 16.7 Å². The molecule has 0 aliphatic rings. The monoisotopic (exact) mass is 281 g/mol. The van der Waals surface area contributed by atoms with Crippen LogP contribution in [0.3, 0.4) is 0 Å². The smallest absolute Gasteiger partial charge is 0.156 e. The lowest BCUT2D eigenvalue weighted by Crippen LogP contribution is -2.04. The Bertz CT molecular complexity index is 754. The maximum absolute atomic E-state index is 13.1. The highest BCUT2D eigenvalue weighted by atomic mass is 19.1. The molecule has 1 N–H and O–H groups in total. The zero-order valence-electron chi connectivity index (χ0n) is 11.8. The topological polar surface area (TPSA) is 37.8 Å². The number of hydrogen-bond donors (Lipinski definition) is 1. The Labute approximate surface area is 122 Å². The number of aromatic nitrogens is 2. The van der Waals surface area contributed by atoms with Crippen molar-refractivity contribution in [3.8, 4) is 11.3 Å². The van der Waals surface area contributed by atoms with Gasteiger partial charge in [0.05, 0.1) is 0 Å². The number of halogens is 1. The molecule has 3 rings (SSSR count). The number of fused-ring (bicyclic) bond motifs is 1. The molecule has 0 amide bonds. The fourth-order valence-electron chi connectivity index (χ4n) is 2.30. The lowest BCUT2D eigenvalue weighted by atomic mass is 10.0. The van der Waals surface area contributed by atoms with Gasteiger partial charge in [0.25, 0.3) is 0 Å². The summed E-state index contributed by atoms with van der Waals surface area (Å²) in [4.78, 5) is 0. The van der Waals surface area contributed by atoms with Gasteiger partial charge < -0.3 is 5.32 Å². The standard InChI is InChI=1S/C17H16FN3/c1-2-11-19-17-15-6-4-3-5-14(15)16(20-21-17)12-7-9-13(18)10-8-12/h3-10H,2,11H2,1H3,(H,19,21). The van der Waals surface area contributed by atoms with Crippen LogP contribution in [0.4, 0.5) is 10.2 Å². The highest BCUT2D eigenvalue weighted by Gasteiger charge is 2.10. The molecule has 0 bridgehead atoms. The second-order valence-electron chi connectivity index (χ2n) is 4.88. The molecular weight excluding hydrogens is 265 g/mol. The average molecular weight is 281 g/mol. The first-order valence-corrected chi connectivity index (χ1v) is 7.05. The van der Waals surface area contributed by atoms with Crippen LogP contribution in [0.15, 0.2) is 48.5 Å². The second kappa shape index (κ2) is 5.87. The Balaban J connectivity index is 2.14. The average Bonchev–Trinajstić information content (AvgIpc) is 2.53. The minimum atomic E-state index is -0.253. The summed E-state index contributed by atoms with van der Waals surface area (Å²) in [6.07, 6.45) is 1.02. The van der Waals surface area contributed by atoms with E-state index in [2.05, 4.69) is 22.4 Å². The third kappa shape index (κ3) is 2.70. The minimum Gasteiger partial charge on any atom is -0.368 e. The normalized spacial score (nSPS) is 10.8. The number of benzene rings is 2. The van der Waals surface area contributed by atoms with Crippen LogP contribution < -0.4 is 5.32 Å². The number of anilines is 1. The second-order valence-corrected chi connectivity index (χ2v) is 4.88. The SMILES string of the molecule is CCCNc1nnc(-c2ccc(F)cc2)c2ccccc12. The zero-order chi connectivity index (χ0) is 14.7. The number of nitrogens with zero attached hydrogens (tertiary/aromatic N) is 2. The molecule has 3 nitrogen and oxygen atoms in total. The molecule has 0 spiro atoms. The number of rotatable bonds is 4. The van der Waals surface area contributed by atoms with Crippen molar-refractivity contribution in [2.75, 3.05) is 11.9 Å². The molecule has 0 unspecified atom stereocenters. The molecule has 0 aliphatic heterocycles. The summed E-state index contributed by atoms with van der Waals surface area (Å²) in [7, 11) is 0. The summed E-state index contributed by atoms with van der Waals surface area (Å²) in [5.74, 6) is 0.538. The predicted molar refractivity (Wildman–Crippen MR) is 83.7 cm³/mol. The van der Waals surface area contributed by atoms with Crippen molar-refractivity contribution in [1.29, 1.82) is 0 Å². The van der Waals surface area contributed by atoms with Gasteiger partial charge in [-0.3, -0.25) is 0 Å². The molecule has 0 radical (unpaired) electrons. The summed E-state index contributed by atoms with van der Waals surface area (Å²) in [6.45, 7) is 2.96. The van der Waals surface area contributed by atoms with Crippen LogP contribution >= 0.6 is 0 Å². The Morgan fingerprint density at radius 2 is 1.67 bits per heavy atom. The van der Waals surface area contributed by atoms with Crippen LogP contribution in [0.5, 0.6) is 0 Å². The van der Waals surface area contributed by atoms with Gasteiger partial charge in [-0.15, -0.1) is 10.2 Å². The fraction of sp³-hybridized carbons (Fsp3) is 0.176. The first-order chi connectivity index (χ1) is 10.3. The highest BCUT2D eigenvalue weighted by Crippen LogP contribution is 2.29. The van der Waals surface area contributed by atoms with E-state index in [0.29, 0.717) is 0 Å². The lowest BCUT2D eigenvalue weighted by Gasteiger charge is -2.10. The van der Waals surface area contributed by atoms with Crippen LogP contribution in [-0.2, 0) is 0 Å². The van der Waals surface area contributed by atoms with Gasteiger partial charge in [0.2, 0.25) is 0 Å². The summed E-state index contributed by atoms with van der Waals surface area (Å²) >= 11 is 0. The van der Waals surface area contributed by atoms with Crippen molar-refractivity contribution in [3.05, 3.63) is 54.3 Å². The maximum Gasteiger partial charge on any atom is 0.156 e. The van der Waals surface area contributed by atoms with Crippen molar-refractivity contribution < 1.29 is 4.39 Å². The Morgan fingerprint density at radius 3 is 2.38 bits per heavy atom. The summed E-state index contributed by atoms with van der Waals surface area (Å²) < 4.78 is 13.1. The van der Waals surface area contributed by atoms with E-state index in [9.17, 15) is 4.39 Å². The largest absolute Gasteiger partial charge is 0.368 e. The molecule has 0 atom stereocenters. The van der Waals surface area contributed by atoms with Crippen molar-refractivity contribution in [1.82, 2.24) is 10.2 Å². The summed E-state index contributed by atoms with van der Waals surface area (Å²) in [5, 5.41) is 13.9. The van der Waals surface area contributed by atoms with E-state index in [4.69, 9.17) is 0 Å². The van der Waals surface area contributed by atoms with E-state index < -0.39 is 0 Å². The van der Waals surface area contributed by atoms with Gasteiger partial charge in [0.15, 0.2) is 5.82 Å². The van der Waals surface area contributed by atoms with E-state index in [1.165, 1.54) is 12.1 Å². The first kappa shape index (κ1) is 13.5. The molecule has 1 aromatic heterocycles. The van der Waals surface area contributed by atoms with E-state index in [0.717, 1.165) is 40.8 Å². The Hall–Kier alpha value is -2.49. The van der Waals surface area contributed by atoms with Crippen molar-refractivity contribution in [3.63, 3.8) is 0 Å². The van der Waals surface area contributed by atoms with E-state index in [1.54, 1.807) is 12.1 Å². The Kier molecular flexibility index (Phi) is 3.77. The van der Waals surface area contributed by atoms with Crippen molar-refractivity contribution >= 4 is 16.6 Å². The van der Waals surface area contributed by atoms with Crippen molar-refractivity contribution in [2.24, 2.45) is 0 Å². The molecule has 4 heteroatoms. The predicted octanol–water partition coefficient (Wildman–Crippen LogP) is 4.26. The van der Waals surface area contributed by atoms with Crippen LogP contribution in [0.2, 0.25) is 0 Å². The molecule has 0 fully saturated rings. The molecule has 0 aliphatic carbocycles. The minimum absolute atomic E-state index is 0.253. The lowest BCUT2D eigenvalue weighted by molar-refractivity contribution is 0.628. The fourth-order valence-corrected chi connectivity index (χ4v) is 2.30. The third-order valence-corrected chi connectivity index (χ3v) is 3.35. The molecular formula is C17H16FN3. The molecule has 106 valence electrons. The molecule has 0 saturated heterocycles. The van der Waals surface area contributed by atoms with Gasteiger partial charge in [-0.25, -0.2) is 4.39 Å². The van der Waals surface area contributed by atoms with Crippen molar-refractivity contribution in [2.45, 2.75) is 13.3 Å². The molecule has 1 heterocycles. The Morgan fingerprint density at radius 1 is 0.952 bits per heavy atom. The molecule has 2 aromatic carbocycles. The van der Waals surface area contributed by atoms with Gasteiger partial charge in [-0.2, -0.15) is 0 Å². The third-order valence-electron chi connectivity index (χ3n) is 3.35. The van der Waals surface area contributed by atoms with E-state index >= 15 is 0 Å². The van der Waals surface area contributed by atoms with Gasteiger partial charge in [0.1, 0.15) is 11.5 Å². The highest BCUT2D eigenvalue weighted by molar-refractivity contribution is 5.99. The number of nitrogens with one attached hydrogen (secondary N) is 1. The van der Waals surface area contributed by atoms with Crippen LogP contribution in [0, 0.1) is 5.82 Å². The summed E-state index contributed by atoms with van der Waals surface area (Å²) in [6, 6.07) is 14.3. The van der Waals surface area contributed by atoms with Gasteiger partial charge in [-0.1, -0.05) is 31.2 Å². The van der Waals surface area contributed by atoms with Gasteiger partial charge >= 0.3 is 0 Å².